The van der Waals surface area contributed by atoms with Crippen molar-refractivity contribution in [1.82, 2.24) is 0 Å². The molecule has 4 N–H and O–H groups in total. The van der Waals surface area contributed by atoms with Crippen LogP contribution in [0.1, 0.15) is 25.7 Å². The second-order valence-corrected chi connectivity index (χ2v) is 3.40. The summed E-state index contributed by atoms with van der Waals surface area (Å²) in [5.74, 6) is -1.34. The molecule has 78 valence electrons. The van der Waals surface area contributed by atoms with E-state index in [4.69, 9.17) is 15.3 Å². The van der Waals surface area contributed by atoms with Crippen LogP contribution in [0.4, 0.5) is 0 Å². The lowest BCUT2D eigenvalue weighted by Crippen LogP contribution is -2.15. The molecule has 1 fully saturated rings. The number of epoxide rings is 1. The van der Waals surface area contributed by atoms with Gasteiger partial charge in [-0.15, -0.1) is 0 Å². The molecule has 0 aromatic rings. The summed E-state index contributed by atoms with van der Waals surface area (Å²) in [7, 11) is 0. The highest BCUT2D eigenvalue weighted by Crippen LogP contribution is 2.36. The lowest BCUT2D eigenvalue weighted by molar-refractivity contribution is 0.0233. The SMILES string of the molecule is OCC(O)CCCCC1(O)OC1O. The zero-order valence-electron chi connectivity index (χ0n) is 7.39. The van der Waals surface area contributed by atoms with Crippen molar-refractivity contribution in [2.75, 3.05) is 6.61 Å². The molecule has 1 rings (SSSR count). The molecule has 13 heavy (non-hydrogen) atoms. The molecule has 5 heteroatoms. The maximum atomic E-state index is 9.24. The van der Waals surface area contributed by atoms with Gasteiger partial charge in [-0.05, 0) is 12.8 Å². The molecule has 0 aromatic heterocycles. The van der Waals surface area contributed by atoms with Gasteiger partial charge in [-0.25, -0.2) is 0 Å². The minimum absolute atomic E-state index is 0.233. The summed E-state index contributed by atoms with van der Waals surface area (Å²) in [6.45, 7) is -0.233. The molecule has 0 aromatic carbocycles. The maximum Gasteiger partial charge on any atom is 0.220 e. The zero-order chi connectivity index (χ0) is 9.90. The van der Waals surface area contributed by atoms with Gasteiger partial charge in [-0.3, -0.25) is 0 Å². The topological polar surface area (TPSA) is 93.5 Å². The first kappa shape index (κ1) is 10.9. The lowest BCUT2D eigenvalue weighted by atomic mass is 10.1. The van der Waals surface area contributed by atoms with E-state index in [1.54, 1.807) is 0 Å². The molecular weight excluding hydrogens is 176 g/mol. The first-order valence-corrected chi connectivity index (χ1v) is 4.45. The number of aliphatic hydroxyl groups excluding tert-OH is 3. The summed E-state index contributed by atoms with van der Waals surface area (Å²) in [5, 5.41) is 35.5. The molecule has 0 spiro atoms. The lowest BCUT2D eigenvalue weighted by Gasteiger charge is -2.07. The van der Waals surface area contributed by atoms with Gasteiger partial charge in [-0.2, -0.15) is 0 Å². The Balaban J connectivity index is 1.96. The van der Waals surface area contributed by atoms with Gasteiger partial charge < -0.3 is 25.2 Å². The summed E-state index contributed by atoms with van der Waals surface area (Å²) in [6.07, 6.45) is 0.495. The molecule has 1 aliphatic rings. The quantitative estimate of drug-likeness (QED) is 0.318. The van der Waals surface area contributed by atoms with Crippen LogP contribution in [0, 0.1) is 0 Å². The van der Waals surface area contributed by atoms with Crippen molar-refractivity contribution >= 4 is 0 Å². The average molecular weight is 192 g/mol. The Labute approximate surface area is 76.6 Å². The summed E-state index contributed by atoms with van der Waals surface area (Å²) in [5.41, 5.74) is 0. The number of ether oxygens (including phenoxy) is 1. The van der Waals surface area contributed by atoms with Gasteiger partial charge >= 0.3 is 0 Å². The molecule has 0 saturated carbocycles. The fraction of sp³-hybridized carbons (Fsp3) is 1.00. The molecule has 1 saturated heterocycles. The van der Waals surface area contributed by atoms with E-state index in [1.807, 2.05) is 0 Å². The van der Waals surface area contributed by atoms with Crippen LogP contribution in [-0.4, -0.2) is 45.2 Å². The van der Waals surface area contributed by atoms with Gasteiger partial charge in [0.1, 0.15) is 0 Å². The summed E-state index contributed by atoms with van der Waals surface area (Å²) < 4.78 is 4.54. The molecule has 0 amide bonds. The predicted octanol–water partition coefficient (Wildman–Crippen LogP) is -1.06. The fourth-order valence-corrected chi connectivity index (χ4v) is 1.19. The standard InChI is InChI=1S/C8H16O5/c9-5-6(10)3-1-2-4-8(12)7(11)13-8/h6-7,9-12H,1-5H2. The van der Waals surface area contributed by atoms with Gasteiger partial charge in [-0.1, -0.05) is 6.42 Å². The van der Waals surface area contributed by atoms with E-state index in [0.717, 1.165) is 0 Å². The average Bonchev–Trinajstić information content (AvgIpc) is 2.69. The van der Waals surface area contributed by atoms with E-state index in [2.05, 4.69) is 4.74 Å². The summed E-state index contributed by atoms with van der Waals surface area (Å²) >= 11 is 0. The number of hydrogen-bond acceptors (Lipinski definition) is 5. The van der Waals surface area contributed by atoms with Gasteiger partial charge in [0, 0.05) is 6.42 Å². The molecule has 1 heterocycles. The van der Waals surface area contributed by atoms with Crippen molar-refractivity contribution in [2.24, 2.45) is 0 Å². The molecule has 0 aliphatic carbocycles. The van der Waals surface area contributed by atoms with Crippen LogP contribution in [-0.2, 0) is 4.74 Å². The zero-order valence-corrected chi connectivity index (χ0v) is 7.39. The number of unbranched alkanes of at least 4 members (excludes halogenated alkanes) is 1. The summed E-state index contributed by atoms with van der Waals surface area (Å²) in [4.78, 5) is 0. The number of rotatable bonds is 6. The Morgan fingerprint density at radius 3 is 2.46 bits per heavy atom. The Bertz CT molecular complexity index is 163. The second kappa shape index (κ2) is 4.34. The van der Waals surface area contributed by atoms with Crippen LogP contribution < -0.4 is 0 Å². The highest BCUT2D eigenvalue weighted by molar-refractivity contribution is 4.84. The molecule has 0 radical (unpaired) electrons. The number of hydrogen-bond donors (Lipinski definition) is 4. The minimum atomic E-state index is -1.34. The van der Waals surface area contributed by atoms with Gasteiger partial charge in [0.05, 0.1) is 12.7 Å². The third kappa shape index (κ3) is 3.21. The third-order valence-electron chi connectivity index (χ3n) is 2.18. The van der Waals surface area contributed by atoms with Gasteiger partial charge in [0.25, 0.3) is 0 Å². The normalized spacial score (nSPS) is 34.6. The van der Waals surface area contributed by atoms with Crippen LogP contribution >= 0.6 is 0 Å². The van der Waals surface area contributed by atoms with Crippen molar-refractivity contribution in [2.45, 2.75) is 43.9 Å². The Morgan fingerprint density at radius 2 is 2.00 bits per heavy atom. The van der Waals surface area contributed by atoms with Crippen molar-refractivity contribution in [1.29, 1.82) is 0 Å². The first-order chi connectivity index (χ1) is 6.08. The van der Waals surface area contributed by atoms with Crippen LogP contribution in [0.15, 0.2) is 0 Å². The summed E-state index contributed by atoms with van der Waals surface area (Å²) in [6, 6.07) is 0. The smallest absolute Gasteiger partial charge is 0.220 e. The Hall–Kier alpha value is -0.200. The van der Waals surface area contributed by atoms with Gasteiger partial charge in [0.2, 0.25) is 12.1 Å². The van der Waals surface area contributed by atoms with Crippen LogP contribution in [0.3, 0.4) is 0 Å². The van der Waals surface area contributed by atoms with E-state index in [-0.39, 0.29) is 6.61 Å². The second-order valence-electron chi connectivity index (χ2n) is 3.40. The van der Waals surface area contributed by atoms with Crippen molar-refractivity contribution in [3.05, 3.63) is 0 Å². The van der Waals surface area contributed by atoms with Crippen LogP contribution in [0.25, 0.3) is 0 Å². The van der Waals surface area contributed by atoms with Crippen LogP contribution in [0.2, 0.25) is 0 Å². The van der Waals surface area contributed by atoms with Crippen LogP contribution in [0.5, 0.6) is 0 Å². The third-order valence-corrected chi connectivity index (χ3v) is 2.18. The Kier molecular flexibility index (Phi) is 3.63. The molecule has 3 unspecified atom stereocenters. The Morgan fingerprint density at radius 1 is 1.38 bits per heavy atom. The minimum Gasteiger partial charge on any atom is -0.394 e. The van der Waals surface area contributed by atoms with E-state index in [9.17, 15) is 5.11 Å². The first-order valence-electron chi connectivity index (χ1n) is 4.45. The van der Waals surface area contributed by atoms with E-state index < -0.39 is 18.2 Å². The maximum absolute atomic E-state index is 9.24. The fourth-order valence-electron chi connectivity index (χ4n) is 1.19. The number of aliphatic hydroxyl groups is 4. The molecule has 5 nitrogen and oxygen atoms in total. The molecule has 3 atom stereocenters. The predicted molar refractivity (Wildman–Crippen MR) is 43.6 cm³/mol. The van der Waals surface area contributed by atoms with E-state index >= 15 is 0 Å². The highest BCUT2D eigenvalue weighted by Gasteiger charge is 2.53. The highest BCUT2D eigenvalue weighted by atomic mass is 16.8. The van der Waals surface area contributed by atoms with E-state index in [1.165, 1.54) is 0 Å². The monoisotopic (exact) mass is 192 g/mol. The molecule has 0 bridgehead atoms. The van der Waals surface area contributed by atoms with Crippen molar-refractivity contribution in [3.63, 3.8) is 0 Å². The largest absolute Gasteiger partial charge is 0.394 e. The van der Waals surface area contributed by atoms with E-state index in [0.29, 0.717) is 25.7 Å². The van der Waals surface area contributed by atoms with Crippen molar-refractivity contribution in [3.8, 4) is 0 Å². The molecule has 1 aliphatic heterocycles. The van der Waals surface area contributed by atoms with Gasteiger partial charge in [0.15, 0.2) is 0 Å². The van der Waals surface area contributed by atoms with Crippen molar-refractivity contribution < 1.29 is 25.2 Å². The molecular formula is C8H16O5.